The summed E-state index contributed by atoms with van der Waals surface area (Å²) in [5.74, 6) is 2.24. The highest BCUT2D eigenvalue weighted by atomic mass is 32.2. The minimum absolute atomic E-state index is 0.304. The third-order valence-corrected chi connectivity index (χ3v) is 4.82. The van der Waals surface area contributed by atoms with E-state index in [1.165, 1.54) is 33.1 Å². The predicted molar refractivity (Wildman–Crippen MR) is 103 cm³/mol. The molecular weight excluding hydrogens is 370 g/mol. The first-order valence-corrected chi connectivity index (χ1v) is 9.42. The quantitative estimate of drug-likeness (QED) is 0.756. The Balaban J connectivity index is 1.93. The van der Waals surface area contributed by atoms with Gasteiger partial charge in [0.25, 0.3) is 5.91 Å². The van der Waals surface area contributed by atoms with Crippen molar-refractivity contribution in [1.82, 2.24) is 0 Å². The summed E-state index contributed by atoms with van der Waals surface area (Å²) in [5, 5.41) is 2.92. The van der Waals surface area contributed by atoms with E-state index in [0.717, 1.165) is 4.90 Å². The number of nitrogens with one attached hydrogen (secondary N) is 1. The Morgan fingerprint density at radius 3 is 2.07 bits per heavy atom. The zero-order valence-corrected chi connectivity index (χ0v) is 16.4. The van der Waals surface area contributed by atoms with Crippen LogP contribution in [-0.4, -0.2) is 46.7 Å². The molecule has 1 aliphatic rings. The van der Waals surface area contributed by atoms with Gasteiger partial charge >= 0.3 is 0 Å². The number of thioether (sulfide) groups is 1. The molecule has 0 spiro atoms. The van der Waals surface area contributed by atoms with Crippen LogP contribution >= 0.6 is 11.8 Å². The van der Waals surface area contributed by atoms with Crippen molar-refractivity contribution in [2.75, 3.05) is 46.1 Å². The molecule has 2 aromatic rings. The molecule has 2 aromatic carbocycles. The highest BCUT2D eigenvalue weighted by Crippen LogP contribution is 2.41. The molecule has 1 aliphatic heterocycles. The molecule has 0 atom stereocenters. The third kappa shape index (κ3) is 3.85. The number of benzene rings is 2. The van der Waals surface area contributed by atoms with Gasteiger partial charge in [0.05, 0.1) is 27.0 Å². The highest BCUT2D eigenvalue weighted by Gasteiger charge is 2.20. The second-order valence-electron chi connectivity index (χ2n) is 5.56. The monoisotopic (exact) mass is 391 g/mol. The Morgan fingerprint density at radius 2 is 1.56 bits per heavy atom. The summed E-state index contributed by atoms with van der Waals surface area (Å²) in [6.07, 6.45) is 1.93. The van der Waals surface area contributed by atoms with E-state index in [4.69, 9.17) is 23.7 Å². The summed E-state index contributed by atoms with van der Waals surface area (Å²) in [6, 6.07) is 6.85. The number of methoxy groups -OCH3 is 3. The fourth-order valence-corrected chi connectivity index (χ4v) is 3.30. The summed E-state index contributed by atoms with van der Waals surface area (Å²) in [7, 11) is 4.53. The van der Waals surface area contributed by atoms with E-state index in [2.05, 4.69) is 5.32 Å². The van der Waals surface area contributed by atoms with Crippen LogP contribution in [0.1, 0.15) is 10.4 Å². The van der Waals surface area contributed by atoms with E-state index >= 15 is 0 Å². The van der Waals surface area contributed by atoms with Crippen LogP contribution in [0.3, 0.4) is 0 Å². The molecule has 0 saturated carbocycles. The summed E-state index contributed by atoms with van der Waals surface area (Å²) in [4.78, 5) is 13.7. The molecule has 7 nitrogen and oxygen atoms in total. The van der Waals surface area contributed by atoms with Crippen LogP contribution in [0, 0.1) is 0 Å². The van der Waals surface area contributed by atoms with Gasteiger partial charge < -0.3 is 29.0 Å². The third-order valence-electron chi connectivity index (χ3n) is 4.04. The normalized spacial score (nSPS) is 12.3. The van der Waals surface area contributed by atoms with Crippen molar-refractivity contribution in [3.05, 3.63) is 29.8 Å². The largest absolute Gasteiger partial charge is 0.493 e. The van der Waals surface area contributed by atoms with Crippen molar-refractivity contribution in [3.63, 3.8) is 0 Å². The lowest BCUT2D eigenvalue weighted by molar-refractivity contribution is 0.102. The van der Waals surface area contributed by atoms with E-state index in [0.29, 0.717) is 53.2 Å². The van der Waals surface area contributed by atoms with Crippen LogP contribution < -0.4 is 29.0 Å². The predicted octanol–water partition coefficient (Wildman–Crippen LogP) is 3.46. The van der Waals surface area contributed by atoms with Crippen molar-refractivity contribution in [1.29, 1.82) is 0 Å². The van der Waals surface area contributed by atoms with E-state index in [1.54, 1.807) is 18.2 Å². The lowest BCUT2D eigenvalue weighted by Gasteiger charge is -2.21. The maximum Gasteiger partial charge on any atom is 0.255 e. The van der Waals surface area contributed by atoms with Gasteiger partial charge in [0.1, 0.15) is 13.2 Å². The zero-order valence-electron chi connectivity index (χ0n) is 15.6. The van der Waals surface area contributed by atoms with Crippen molar-refractivity contribution in [3.8, 4) is 28.7 Å². The Labute approximate surface area is 161 Å². The number of ether oxygens (including phenoxy) is 5. The van der Waals surface area contributed by atoms with Gasteiger partial charge in [0, 0.05) is 16.5 Å². The first-order valence-electron chi connectivity index (χ1n) is 8.20. The molecule has 8 heteroatoms. The van der Waals surface area contributed by atoms with Gasteiger partial charge in [-0.1, -0.05) is 0 Å². The van der Waals surface area contributed by atoms with Crippen LogP contribution in [0.5, 0.6) is 28.7 Å². The maximum atomic E-state index is 12.8. The molecule has 1 N–H and O–H groups in total. The van der Waals surface area contributed by atoms with Gasteiger partial charge in [0.15, 0.2) is 23.0 Å². The van der Waals surface area contributed by atoms with Crippen LogP contribution in [0.15, 0.2) is 29.2 Å². The van der Waals surface area contributed by atoms with Crippen LogP contribution in [0.4, 0.5) is 5.69 Å². The smallest absolute Gasteiger partial charge is 0.255 e. The lowest BCUT2D eigenvalue weighted by Crippen LogP contribution is -2.17. The van der Waals surface area contributed by atoms with E-state index < -0.39 is 0 Å². The minimum Gasteiger partial charge on any atom is -0.493 e. The topological polar surface area (TPSA) is 75.3 Å². The summed E-state index contributed by atoms with van der Waals surface area (Å²) in [6.45, 7) is 0.990. The number of hydrogen-bond donors (Lipinski definition) is 1. The van der Waals surface area contributed by atoms with E-state index in [-0.39, 0.29) is 5.91 Å². The summed E-state index contributed by atoms with van der Waals surface area (Å²) >= 11 is 1.51. The highest BCUT2D eigenvalue weighted by molar-refractivity contribution is 7.98. The van der Waals surface area contributed by atoms with Crippen molar-refractivity contribution < 1.29 is 28.5 Å². The SMILES string of the molecule is COc1cc(C(=O)Nc2cc3c(cc2SC)OCCO3)cc(OC)c1OC. The summed E-state index contributed by atoms with van der Waals surface area (Å²) in [5.41, 5.74) is 1.02. The van der Waals surface area contributed by atoms with Crippen LogP contribution in [0.25, 0.3) is 0 Å². The molecule has 0 fully saturated rings. The molecule has 0 aliphatic carbocycles. The number of carbonyl (C=O) groups is 1. The Hall–Kier alpha value is -2.74. The molecule has 0 radical (unpaired) electrons. The molecular formula is C19H21NO6S. The van der Waals surface area contributed by atoms with E-state index in [9.17, 15) is 4.79 Å². The van der Waals surface area contributed by atoms with Gasteiger partial charge in [-0.2, -0.15) is 0 Å². The molecule has 144 valence electrons. The maximum absolute atomic E-state index is 12.8. The molecule has 0 bridgehead atoms. The average Bonchev–Trinajstić information content (AvgIpc) is 2.71. The van der Waals surface area contributed by atoms with Crippen molar-refractivity contribution >= 4 is 23.4 Å². The Kier molecular flexibility index (Phi) is 5.85. The molecule has 27 heavy (non-hydrogen) atoms. The number of hydrogen-bond acceptors (Lipinski definition) is 7. The number of amides is 1. The molecule has 1 amide bonds. The molecule has 1 heterocycles. The van der Waals surface area contributed by atoms with Gasteiger partial charge in [0.2, 0.25) is 5.75 Å². The number of fused-ring (bicyclic) bond motifs is 1. The van der Waals surface area contributed by atoms with E-state index in [1.807, 2.05) is 12.3 Å². The van der Waals surface area contributed by atoms with Gasteiger partial charge in [-0.3, -0.25) is 4.79 Å². The van der Waals surface area contributed by atoms with Gasteiger partial charge in [-0.05, 0) is 24.5 Å². The standard InChI is InChI=1S/C19H21NO6S/c1-22-15-7-11(8-16(23-2)18(15)24-3)19(21)20-12-9-13-14(10-17(12)27-4)26-6-5-25-13/h7-10H,5-6H2,1-4H3,(H,20,21). The van der Waals surface area contributed by atoms with Gasteiger partial charge in [-0.15, -0.1) is 11.8 Å². The first-order chi connectivity index (χ1) is 13.1. The molecule has 0 saturated heterocycles. The zero-order chi connectivity index (χ0) is 19.4. The fraction of sp³-hybridized carbons (Fsp3) is 0.316. The Morgan fingerprint density at radius 1 is 0.963 bits per heavy atom. The molecule has 0 aromatic heterocycles. The second kappa shape index (κ2) is 8.30. The van der Waals surface area contributed by atoms with Crippen LogP contribution in [-0.2, 0) is 0 Å². The summed E-state index contributed by atoms with van der Waals surface area (Å²) < 4.78 is 27.1. The van der Waals surface area contributed by atoms with Gasteiger partial charge in [-0.25, -0.2) is 0 Å². The van der Waals surface area contributed by atoms with Crippen molar-refractivity contribution in [2.24, 2.45) is 0 Å². The minimum atomic E-state index is -0.304. The number of rotatable bonds is 6. The average molecular weight is 391 g/mol. The van der Waals surface area contributed by atoms with Crippen molar-refractivity contribution in [2.45, 2.75) is 4.90 Å². The first kappa shape index (κ1) is 19.0. The molecule has 3 rings (SSSR count). The number of anilines is 1. The lowest BCUT2D eigenvalue weighted by atomic mass is 10.1. The second-order valence-corrected chi connectivity index (χ2v) is 6.41. The Bertz CT molecular complexity index is 829. The number of carbonyl (C=O) groups excluding carboxylic acids is 1. The molecule has 0 unspecified atom stereocenters. The fourth-order valence-electron chi connectivity index (χ4n) is 2.74. The van der Waals surface area contributed by atoms with Crippen LogP contribution in [0.2, 0.25) is 0 Å².